The summed E-state index contributed by atoms with van der Waals surface area (Å²) in [5, 5.41) is 0. The molecule has 0 spiro atoms. The van der Waals surface area contributed by atoms with Crippen LogP contribution in [-0.4, -0.2) is 13.1 Å². The van der Waals surface area contributed by atoms with Crippen LogP contribution in [-0.2, 0) is 16.0 Å². The summed E-state index contributed by atoms with van der Waals surface area (Å²) in [5.41, 5.74) is 3.82. The summed E-state index contributed by atoms with van der Waals surface area (Å²) in [4.78, 5) is 12.8. The molecule has 3 heteroatoms. The minimum Gasteiger partial charge on any atom is -0.497 e. The molecular formula is C27H22O3. The fraction of sp³-hybridized carbons (Fsp3) is 0.148. The molecule has 3 nitrogen and oxygen atoms in total. The number of allylic oxidation sites excluding steroid dienone is 1. The number of ether oxygens (including phenoxy) is 2. The highest BCUT2D eigenvalue weighted by Crippen LogP contribution is 2.38. The number of hydrogen-bond donors (Lipinski definition) is 0. The average molecular weight is 394 g/mol. The third-order valence-corrected chi connectivity index (χ3v) is 5.24. The number of carbonyl (C=O) groups excluding carboxylic acids is 1. The van der Waals surface area contributed by atoms with Crippen molar-refractivity contribution in [2.24, 2.45) is 5.92 Å². The summed E-state index contributed by atoms with van der Waals surface area (Å²) in [6, 6.07) is 27.6. The first-order valence-corrected chi connectivity index (χ1v) is 9.90. The number of methoxy groups -OCH3 is 1. The van der Waals surface area contributed by atoms with Gasteiger partial charge >= 0.3 is 5.97 Å². The van der Waals surface area contributed by atoms with Crippen molar-refractivity contribution < 1.29 is 14.3 Å². The molecule has 0 bridgehead atoms. The van der Waals surface area contributed by atoms with Gasteiger partial charge < -0.3 is 9.47 Å². The van der Waals surface area contributed by atoms with Crippen LogP contribution in [0.25, 0.3) is 0 Å². The third-order valence-electron chi connectivity index (χ3n) is 5.24. The summed E-state index contributed by atoms with van der Waals surface area (Å²) >= 11 is 0. The maximum absolute atomic E-state index is 12.8. The zero-order chi connectivity index (χ0) is 20.8. The van der Waals surface area contributed by atoms with Crippen molar-refractivity contribution in [1.82, 2.24) is 0 Å². The van der Waals surface area contributed by atoms with Crippen molar-refractivity contribution >= 4 is 5.97 Å². The predicted molar refractivity (Wildman–Crippen MR) is 117 cm³/mol. The molecule has 3 aromatic rings. The molecule has 0 unspecified atom stereocenters. The molecule has 4 rings (SSSR count). The van der Waals surface area contributed by atoms with Crippen LogP contribution in [0.15, 0.2) is 96.8 Å². The second-order valence-corrected chi connectivity index (χ2v) is 7.17. The molecule has 148 valence electrons. The Morgan fingerprint density at radius 2 is 1.53 bits per heavy atom. The Balaban J connectivity index is 1.73. The molecule has 1 aliphatic rings. The SMILES string of the molecule is COc1ccc([C@@H]2C(C#Cc3ccccc3)=COC(=O)[C@H]2Cc2ccccc2)cc1. The van der Waals surface area contributed by atoms with E-state index in [2.05, 4.69) is 11.8 Å². The van der Waals surface area contributed by atoms with E-state index in [0.717, 1.165) is 28.0 Å². The Labute approximate surface area is 177 Å². The highest BCUT2D eigenvalue weighted by Gasteiger charge is 2.36. The van der Waals surface area contributed by atoms with E-state index < -0.39 is 0 Å². The molecule has 0 aliphatic carbocycles. The maximum Gasteiger partial charge on any atom is 0.315 e. The molecule has 1 aliphatic heterocycles. The molecule has 0 N–H and O–H groups in total. The first-order chi connectivity index (χ1) is 14.7. The van der Waals surface area contributed by atoms with Gasteiger partial charge in [-0.15, -0.1) is 0 Å². The Bertz CT molecular complexity index is 1090. The molecule has 0 fully saturated rings. The lowest BCUT2D eigenvalue weighted by atomic mass is 9.77. The predicted octanol–water partition coefficient (Wildman–Crippen LogP) is 5.13. The number of cyclic esters (lactones) is 1. The van der Waals surface area contributed by atoms with Gasteiger partial charge in [0.1, 0.15) is 12.0 Å². The summed E-state index contributed by atoms with van der Waals surface area (Å²) < 4.78 is 10.7. The number of hydrogen-bond acceptors (Lipinski definition) is 3. The minimum absolute atomic E-state index is 0.187. The molecule has 2 atom stereocenters. The Morgan fingerprint density at radius 3 is 2.20 bits per heavy atom. The Morgan fingerprint density at radius 1 is 0.867 bits per heavy atom. The van der Waals surface area contributed by atoms with Crippen LogP contribution in [0.2, 0.25) is 0 Å². The number of benzene rings is 3. The molecule has 0 saturated heterocycles. The van der Waals surface area contributed by atoms with Crippen LogP contribution in [0.3, 0.4) is 0 Å². The van der Waals surface area contributed by atoms with Gasteiger partial charge in [0.2, 0.25) is 0 Å². The summed E-state index contributed by atoms with van der Waals surface area (Å²) in [6.45, 7) is 0. The first-order valence-electron chi connectivity index (χ1n) is 9.90. The molecular weight excluding hydrogens is 372 g/mol. The first kappa shape index (κ1) is 19.5. The van der Waals surface area contributed by atoms with Gasteiger partial charge in [0.25, 0.3) is 0 Å². The van der Waals surface area contributed by atoms with Gasteiger partial charge in [-0.1, -0.05) is 72.5 Å². The maximum atomic E-state index is 12.8. The molecule has 30 heavy (non-hydrogen) atoms. The van der Waals surface area contributed by atoms with E-state index in [1.165, 1.54) is 6.26 Å². The standard InChI is InChI=1S/C27H22O3/c1-29-24-16-14-22(15-17-24)26-23(13-12-20-8-4-2-5-9-20)19-30-27(28)25(26)18-21-10-6-3-7-11-21/h2-11,14-17,19,25-26H,18H2,1H3/t25-,26+/m0/s1. The van der Waals surface area contributed by atoms with Crippen molar-refractivity contribution in [2.45, 2.75) is 12.3 Å². The number of carbonyl (C=O) groups is 1. The van der Waals surface area contributed by atoms with Crippen molar-refractivity contribution in [2.75, 3.05) is 7.11 Å². The Hall–Kier alpha value is -3.77. The van der Waals surface area contributed by atoms with E-state index in [-0.39, 0.29) is 17.8 Å². The van der Waals surface area contributed by atoms with Crippen molar-refractivity contribution in [1.29, 1.82) is 0 Å². The van der Waals surface area contributed by atoms with Crippen LogP contribution >= 0.6 is 0 Å². The lowest BCUT2D eigenvalue weighted by Gasteiger charge is -2.29. The monoisotopic (exact) mass is 394 g/mol. The molecule has 0 aromatic heterocycles. The van der Waals surface area contributed by atoms with Gasteiger partial charge in [-0.25, -0.2) is 0 Å². The van der Waals surface area contributed by atoms with Gasteiger partial charge in [-0.3, -0.25) is 4.79 Å². The van der Waals surface area contributed by atoms with E-state index in [1.54, 1.807) is 7.11 Å². The van der Waals surface area contributed by atoms with Crippen LogP contribution in [0.5, 0.6) is 5.75 Å². The normalized spacial score (nSPS) is 17.9. The zero-order valence-electron chi connectivity index (χ0n) is 16.7. The summed E-state index contributed by atoms with van der Waals surface area (Å²) in [5.74, 6) is 6.46. The Kier molecular flexibility index (Phi) is 5.96. The lowest BCUT2D eigenvalue weighted by molar-refractivity contribution is -0.144. The van der Waals surface area contributed by atoms with Crippen molar-refractivity contribution in [3.05, 3.63) is 113 Å². The number of rotatable bonds is 4. The van der Waals surface area contributed by atoms with Crippen LogP contribution in [0, 0.1) is 17.8 Å². The quantitative estimate of drug-likeness (QED) is 0.455. The van der Waals surface area contributed by atoms with Gasteiger partial charge in [-0.05, 0) is 41.8 Å². The second kappa shape index (κ2) is 9.15. The van der Waals surface area contributed by atoms with Gasteiger partial charge in [0, 0.05) is 17.1 Å². The summed E-state index contributed by atoms with van der Waals surface area (Å²) in [6.07, 6.45) is 2.09. The lowest BCUT2D eigenvalue weighted by Crippen LogP contribution is -2.30. The molecule has 3 aromatic carbocycles. The van der Waals surface area contributed by atoms with Gasteiger partial charge in [0.15, 0.2) is 0 Å². The topological polar surface area (TPSA) is 35.5 Å². The molecule has 0 radical (unpaired) electrons. The second-order valence-electron chi connectivity index (χ2n) is 7.17. The number of esters is 1. The summed E-state index contributed by atoms with van der Waals surface area (Å²) in [7, 11) is 1.64. The average Bonchev–Trinajstić information content (AvgIpc) is 2.81. The van der Waals surface area contributed by atoms with E-state index in [1.807, 2.05) is 84.9 Å². The van der Waals surface area contributed by atoms with E-state index in [0.29, 0.717) is 6.42 Å². The third kappa shape index (κ3) is 4.45. The van der Waals surface area contributed by atoms with Crippen molar-refractivity contribution in [3.63, 3.8) is 0 Å². The largest absolute Gasteiger partial charge is 0.497 e. The highest BCUT2D eigenvalue weighted by atomic mass is 16.5. The smallest absolute Gasteiger partial charge is 0.315 e. The zero-order valence-corrected chi connectivity index (χ0v) is 16.7. The fourth-order valence-corrected chi connectivity index (χ4v) is 3.70. The van der Waals surface area contributed by atoms with E-state index in [9.17, 15) is 4.79 Å². The molecule has 0 saturated carbocycles. The molecule has 1 heterocycles. The van der Waals surface area contributed by atoms with Crippen LogP contribution in [0.1, 0.15) is 22.6 Å². The van der Waals surface area contributed by atoms with E-state index >= 15 is 0 Å². The van der Waals surface area contributed by atoms with Crippen LogP contribution < -0.4 is 4.74 Å². The van der Waals surface area contributed by atoms with Gasteiger partial charge in [-0.2, -0.15) is 0 Å². The molecule has 0 amide bonds. The highest BCUT2D eigenvalue weighted by molar-refractivity contribution is 5.78. The van der Waals surface area contributed by atoms with Gasteiger partial charge in [0.05, 0.1) is 13.0 Å². The fourth-order valence-electron chi connectivity index (χ4n) is 3.70. The van der Waals surface area contributed by atoms with Crippen LogP contribution in [0.4, 0.5) is 0 Å². The minimum atomic E-state index is -0.356. The van der Waals surface area contributed by atoms with Crippen molar-refractivity contribution in [3.8, 4) is 17.6 Å². The van der Waals surface area contributed by atoms with E-state index in [4.69, 9.17) is 9.47 Å².